The first-order chi connectivity index (χ1) is 29.7. The summed E-state index contributed by atoms with van der Waals surface area (Å²) in [5, 5.41) is 0. The fourth-order valence-electron chi connectivity index (χ4n) is 7.66. The summed E-state index contributed by atoms with van der Waals surface area (Å²) >= 11 is 0. The Kier molecular flexibility index (Phi) is 11.2. The second-order valence-electron chi connectivity index (χ2n) is 16.8. The van der Waals surface area contributed by atoms with Gasteiger partial charge >= 0.3 is 0 Å². The summed E-state index contributed by atoms with van der Waals surface area (Å²) in [5.41, 5.74) is 2.25. The molecular formula is C53H49NO7S. The molecule has 62 heavy (non-hydrogen) atoms. The van der Waals surface area contributed by atoms with Gasteiger partial charge in [0, 0.05) is 17.3 Å². The Labute approximate surface area is 364 Å². The number of para-hydroxylation sites is 1. The van der Waals surface area contributed by atoms with Gasteiger partial charge in [0.05, 0.1) is 9.79 Å². The van der Waals surface area contributed by atoms with Gasteiger partial charge in [-0.3, -0.25) is 9.69 Å². The maximum Gasteiger partial charge on any atom is 0.260 e. The van der Waals surface area contributed by atoms with Gasteiger partial charge in [0.1, 0.15) is 51.2 Å². The van der Waals surface area contributed by atoms with E-state index in [-0.39, 0.29) is 26.9 Å². The van der Waals surface area contributed by atoms with Crippen molar-refractivity contribution >= 4 is 21.4 Å². The van der Waals surface area contributed by atoms with E-state index in [1.807, 2.05) is 167 Å². The lowest BCUT2D eigenvalue weighted by molar-refractivity contribution is 0.0986. The molecule has 0 saturated heterocycles. The van der Waals surface area contributed by atoms with Crippen molar-refractivity contribution in [3.63, 3.8) is 0 Å². The summed E-state index contributed by atoms with van der Waals surface area (Å²) in [5.74, 6) is 3.40. The van der Waals surface area contributed by atoms with Crippen molar-refractivity contribution in [2.75, 3.05) is 4.90 Å². The maximum absolute atomic E-state index is 14.5. The molecule has 0 spiro atoms. The Balaban J connectivity index is 1.04. The van der Waals surface area contributed by atoms with Crippen molar-refractivity contribution in [2.24, 2.45) is 0 Å². The minimum Gasteiger partial charge on any atom is -0.488 e. The standard InChI is InChI=1S/C53H49NO7S/c1-7-52(5,6)61-45-17-13-16-44(36-45)59-42-30-34-47(35-31-42)62(56,57)46-32-28-41(29-33-46)58-40-24-20-37(21-25-40)53(38-22-26-43(27-23-38)60-51(2,3)4)49-19-12-11-18-48(49)50(55)54(53)39-14-9-8-10-15-39/h8-36H,7H2,1-6H3. The molecule has 314 valence electrons. The van der Waals surface area contributed by atoms with Crippen molar-refractivity contribution in [2.45, 2.75) is 74.5 Å². The molecule has 0 fully saturated rings. The zero-order valence-electron chi connectivity index (χ0n) is 35.7. The van der Waals surface area contributed by atoms with Crippen molar-refractivity contribution in [3.05, 3.63) is 198 Å². The second kappa shape index (κ2) is 16.6. The lowest BCUT2D eigenvalue weighted by Crippen LogP contribution is -2.46. The molecule has 0 radical (unpaired) electrons. The lowest BCUT2D eigenvalue weighted by atomic mass is 9.76. The Bertz CT molecular complexity index is 2800. The largest absolute Gasteiger partial charge is 0.488 e. The lowest BCUT2D eigenvalue weighted by Gasteiger charge is -2.40. The summed E-state index contributed by atoms with van der Waals surface area (Å²) in [6, 6.07) is 53.2. The second-order valence-corrected chi connectivity index (χ2v) is 18.8. The van der Waals surface area contributed by atoms with Crippen LogP contribution >= 0.6 is 0 Å². The topological polar surface area (TPSA) is 91.4 Å². The van der Waals surface area contributed by atoms with Gasteiger partial charge in [-0.25, -0.2) is 8.42 Å². The third-order valence-electron chi connectivity index (χ3n) is 10.9. The third-order valence-corrected chi connectivity index (χ3v) is 12.6. The summed E-state index contributed by atoms with van der Waals surface area (Å²) in [6.45, 7) is 12.2. The zero-order valence-corrected chi connectivity index (χ0v) is 36.5. The summed E-state index contributed by atoms with van der Waals surface area (Å²) in [6.07, 6.45) is 0.847. The molecule has 0 aromatic heterocycles. The minimum absolute atomic E-state index is 0.107. The molecule has 0 saturated carbocycles. The van der Waals surface area contributed by atoms with E-state index in [1.165, 1.54) is 24.3 Å². The van der Waals surface area contributed by atoms with Gasteiger partial charge in [-0.15, -0.1) is 0 Å². The van der Waals surface area contributed by atoms with Crippen LogP contribution in [0.5, 0.6) is 34.5 Å². The highest BCUT2D eigenvalue weighted by Gasteiger charge is 2.52. The van der Waals surface area contributed by atoms with Crippen LogP contribution in [0.15, 0.2) is 186 Å². The average molecular weight is 844 g/mol. The fraction of sp³-hybridized carbons (Fsp3) is 0.189. The molecule has 1 heterocycles. The number of fused-ring (bicyclic) bond motifs is 1. The van der Waals surface area contributed by atoms with Crippen LogP contribution in [0, 0.1) is 0 Å². The van der Waals surface area contributed by atoms with Crippen LogP contribution in [-0.4, -0.2) is 25.5 Å². The molecule has 7 aromatic carbocycles. The van der Waals surface area contributed by atoms with E-state index in [2.05, 4.69) is 6.92 Å². The average Bonchev–Trinajstić information content (AvgIpc) is 3.53. The van der Waals surface area contributed by atoms with Crippen LogP contribution in [0.3, 0.4) is 0 Å². The van der Waals surface area contributed by atoms with Gasteiger partial charge in [-0.2, -0.15) is 0 Å². The van der Waals surface area contributed by atoms with Crippen molar-refractivity contribution in [3.8, 4) is 34.5 Å². The van der Waals surface area contributed by atoms with Gasteiger partial charge in [-0.1, -0.05) is 73.7 Å². The molecule has 0 bridgehead atoms. The van der Waals surface area contributed by atoms with Gasteiger partial charge in [0.15, 0.2) is 0 Å². The Hall–Kier alpha value is -6.84. The predicted octanol–water partition coefficient (Wildman–Crippen LogP) is 12.8. The first kappa shape index (κ1) is 41.9. The van der Waals surface area contributed by atoms with E-state index in [0.717, 1.165) is 34.5 Å². The van der Waals surface area contributed by atoms with E-state index in [9.17, 15) is 13.2 Å². The van der Waals surface area contributed by atoms with E-state index in [4.69, 9.17) is 18.9 Å². The number of anilines is 1. The highest BCUT2D eigenvalue weighted by molar-refractivity contribution is 7.91. The van der Waals surface area contributed by atoms with Crippen molar-refractivity contribution < 1.29 is 32.2 Å². The molecule has 8 nitrogen and oxygen atoms in total. The maximum atomic E-state index is 14.5. The fourth-order valence-corrected chi connectivity index (χ4v) is 8.92. The molecule has 1 aliphatic heterocycles. The normalized spacial score (nSPS) is 15.2. The molecule has 0 aliphatic carbocycles. The number of benzene rings is 7. The monoisotopic (exact) mass is 843 g/mol. The molecule has 9 heteroatoms. The zero-order chi connectivity index (χ0) is 43.7. The molecule has 1 aliphatic rings. The molecule has 8 rings (SSSR count). The number of amides is 1. The first-order valence-electron chi connectivity index (χ1n) is 20.7. The van der Waals surface area contributed by atoms with E-state index >= 15 is 0 Å². The number of sulfone groups is 1. The quantitative estimate of drug-likeness (QED) is 0.114. The number of hydrogen-bond donors (Lipinski definition) is 0. The van der Waals surface area contributed by atoms with Gasteiger partial charge in [-0.05, 0) is 161 Å². The van der Waals surface area contributed by atoms with Crippen LogP contribution in [0.1, 0.15) is 75.0 Å². The predicted molar refractivity (Wildman–Crippen MR) is 243 cm³/mol. The van der Waals surface area contributed by atoms with Crippen LogP contribution in [0.4, 0.5) is 5.69 Å². The van der Waals surface area contributed by atoms with E-state index < -0.39 is 15.4 Å². The van der Waals surface area contributed by atoms with Crippen LogP contribution in [0.25, 0.3) is 0 Å². The summed E-state index contributed by atoms with van der Waals surface area (Å²) < 4.78 is 51.9. The summed E-state index contributed by atoms with van der Waals surface area (Å²) in [4.78, 5) is 16.6. The molecule has 1 amide bonds. The number of hydrogen-bond acceptors (Lipinski definition) is 7. The number of ether oxygens (including phenoxy) is 4. The van der Waals surface area contributed by atoms with Crippen LogP contribution in [-0.2, 0) is 15.4 Å². The number of carbonyl (C=O) groups excluding carboxylic acids is 1. The Morgan fingerprint density at radius 1 is 0.516 bits per heavy atom. The minimum atomic E-state index is -3.84. The van der Waals surface area contributed by atoms with Crippen molar-refractivity contribution in [1.82, 2.24) is 0 Å². The van der Waals surface area contributed by atoms with Gasteiger partial charge < -0.3 is 18.9 Å². The molecule has 1 atom stereocenters. The number of rotatable bonds is 13. The molecule has 0 N–H and O–H groups in total. The van der Waals surface area contributed by atoms with Crippen molar-refractivity contribution in [1.29, 1.82) is 0 Å². The SMILES string of the molecule is CCC(C)(C)Oc1cccc(Oc2ccc(S(=O)(=O)c3ccc(Oc4ccc(C5(c6ccc(OC(C)(C)C)cc6)c6ccccc6C(=O)N5c5ccccc5)cc4)cc3)cc2)c1. The highest BCUT2D eigenvalue weighted by atomic mass is 32.2. The van der Waals surface area contributed by atoms with E-state index in [0.29, 0.717) is 34.3 Å². The van der Waals surface area contributed by atoms with Crippen LogP contribution in [0.2, 0.25) is 0 Å². The molecular weight excluding hydrogens is 795 g/mol. The summed E-state index contributed by atoms with van der Waals surface area (Å²) in [7, 11) is -3.84. The van der Waals surface area contributed by atoms with Gasteiger partial charge in [0.2, 0.25) is 9.84 Å². The first-order valence-corrected chi connectivity index (χ1v) is 22.1. The molecule has 1 unspecified atom stereocenters. The molecule has 7 aromatic rings. The van der Waals surface area contributed by atoms with Crippen LogP contribution < -0.4 is 23.8 Å². The van der Waals surface area contributed by atoms with E-state index in [1.54, 1.807) is 24.3 Å². The third kappa shape index (κ3) is 8.41. The number of carbonyl (C=O) groups is 1. The smallest absolute Gasteiger partial charge is 0.260 e. The Morgan fingerprint density at radius 3 is 1.55 bits per heavy atom. The highest BCUT2D eigenvalue weighted by Crippen LogP contribution is 2.51. The van der Waals surface area contributed by atoms with Gasteiger partial charge in [0.25, 0.3) is 5.91 Å². The Morgan fingerprint density at radius 2 is 1.00 bits per heavy atom. The number of nitrogens with zero attached hydrogens (tertiary/aromatic N) is 1.